The van der Waals surface area contributed by atoms with E-state index in [1.807, 2.05) is 12.4 Å². The zero-order valence-electron chi connectivity index (χ0n) is 9.12. The zero-order valence-corrected chi connectivity index (χ0v) is 10.7. The summed E-state index contributed by atoms with van der Waals surface area (Å²) in [5.74, 6) is 0.927. The average molecular weight is 269 g/mol. The van der Waals surface area contributed by atoms with E-state index in [0.717, 1.165) is 16.9 Å². The van der Waals surface area contributed by atoms with Crippen LogP contribution in [0.3, 0.4) is 0 Å². The standard InChI is InChI=1S/C12H17BrN2/c1-2-7-15(9-10-3-4-10)12-5-6-14-8-11(12)13/h5-6,8,10H,2-4,7,9H2,1H3. The predicted octanol–water partition coefficient (Wildman–Crippen LogP) is 3.47. The third kappa shape index (κ3) is 2.94. The maximum absolute atomic E-state index is 4.11. The number of aromatic nitrogens is 1. The lowest BCUT2D eigenvalue weighted by Crippen LogP contribution is -2.26. The molecule has 1 saturated carbocycles. The van der Waals surface area contributed by atoms with Gasteiger partial charge in [-0.3, -0.25) is 4.98 Å². The van der Waals surface area contributed by atoms with Gasteiger partial charge in [0.2, 0.25) is 0 Å². The molecule has 2 nitrogen and oxygen atoms in total. The zero-order chi connectivity index (χ0) is 10.7. The molecule has 1 aromatic rings. The van der Waals surface area contributed by atoms with Gasteiger partial charge in [0, 0.05) is 25.5 Å². The first-order valence-corrected chi connectivity index (χ1v) is 6.45. The Labute approximate surface area is 99.8 Å². The number of hydrogen-bond acceptors (Lipinski definition) is 2. The van der Waals surface area contributed by atoms with E-state index in [0.29, 0.717) is 0 Å². The van der Waals surface area contributed by atoms with Crippen LogP contribution in [-0.2, 0) is 0 Å². The minimum absolute atomic E-state index is 0.927. The molecule has 0 aliphatic heterocycles. The quantitative estimate of drug-likeness (QED) is 0.813. The Bertz CT molecular complexity index is 323. The fourth-order valence-corrected chi connectivity index (χ4v) is 2.32. The summed E-state index contributed by atoms with van der Waals surface area (Å²) in [5, 5.41) is 0. The molecule has 1 aliphatic rings. The molecule has 0 bridgehead atoms. The van der Waals surface area contributed by atoms with Crippen LogP contribution < -0.4 is 4.90 Å². The molecule has 0 spiro atoms. The topological polar surface area (TPSA) is 16.1 Å². The van der Waals surface area contributed by atoms with E-state index in [-0.39, 0.29) is 0 Å². The van der Waals surface area contributed by atoms with Crippen LogP contribution in [0, 0.1) is 5.92 Å². The second-order valence-corrected chi connectivity index (χ2v) is 5.07. The van der Waals surface area contributed by atoms with Crippen molar-refractivity contribution >= 4 is 21.6 Å². The monoisotopic (exact) mass is 268 g/mol. The van der Waals surface area contributed by atoms with Gasteiger partial charge in [0.25, 0.3) is 0 Å². The predicted molar refractivity (Wildman–Crippen MR) is 67.2 cm³/mol. The number of anilines is 1. The fourth-order valence-electron chi connectivity index (χ4n) is 1.82. The molecule has 0 atom stereocenters. The third-order valence-electron chi connectivity index (χ3n) is 2.76. The van der Waals surface area contributed by atoms with E-state index < -0.39 is 0 Å². The molecule has 1 fully saturated rings. The lowest BCUT2D eigenvalue weighted by atomic mass is 10.3. The summed E-state index contributed by atoms with van der Waals surface area (Å²) < 4.78 is 1.11. The highest BCUT2D eigenvalue weighted by Crippen LogP contribution is 2.33. The molecule has 1 aromatic heterocycles. The average Bonchev–Trinajstić information content (AvgIpc) is 3.02. The number of hydrogen-bond donors (Lipinski definition) is 0. The minimum atomic E-state index is 0.927. The number of pyridine rings is 1. The van der Waals surface area contributed by atoms with Crippen molar-refractivity contribution in [2.45, 2.75) is 26.2 Å². The highest BCUT2D eigenvalue weighted by molar-refractivity contribution is 9.10. The molecular formula is C12H17BrN2. The first-order valence-electron chi connectivity index (χ1n) is 5.65. The Morgan fingerprint density at radius 2 is 2.33 bits per heavy atom. The van der Waals surface area contributed by atoms with Crippen LogP contribution in [0.15, 0.2) is 22.9 Å². The van der Waals surface area contributed by atoms with E-state index >= 15 is 0 Å². The molecule has 2 rings (SSSR count). The smallest absolute Gasteiger partial charge is 0.0592 e. The molecule has 0 radical (unpaired) electrons. The number of nitrogens with zero attached hydrogens (tertiary/aromatic N) is 2. The minimum Gasteiger partial charge on any atom is -0.370 e. The highest BCUT2D eigenvalue weighted by Gasteiger charge is 2.24. The second kappa shape index (κ2) is 4.97. The Balaban J connectivity index is 2.11. The third-order valence-corrected chi connectivity index (χ3v) is 3.37. The molecule has 0 saturated heterocycles. The number of halogens is 1. The molecule has 0 N–H and O–H groups in total. The molecule has 3 heteroatoms. The van der Waals surface area contributed by atoms with Crippen molar-refractivity contribution in [2.24, 2.45) is 5.92 Å². The molecular weight excluding hydrogens is 252 g/mol. The molecule has 1 aliphatic carbocycles. The Morgan fingerprint density at radius 1 is 1.53 bits per heavy atom. The van der Waals surface area contributed by atoms with Crippen LogP contribution in [0.25, 0.3) is 0 Å². The van der Waals surface area contributed by atoms with E-state index in [1.54, 1.807) is 0 Å². The van der Waals surface area contributed by atoms with E-state index in [2.05, 4.69) is 38.8 Å². The highest BCUT2D eigenvalue weighted by atomic mass is 79.9. The van der Waals surface area contributed by atoms with Gasteiger partial charge in [-0.15, -0.1) is 0 Å². The van der Waals surface area contributed by atoms with Crippen molar-refractivity contribution in [1.82, 2.24) is 4.98 Å². The van der Waals surface area contributed by atoms with Gasteiger partial charge in [-0.25, -0.2) is 0 Å². The van der Waals surface area contributed by atoms with Gasteiger partial charge < -0.3 is 4.90 Å². The summed E-state index contributed by atoms with van der Waals surface area (Å²) in [7, 11) is 0. The first-order chi connectivity index (χ1) is 7.31. The maximum atomic E-state index is 4.11. The lowest BCUT2D eigenvalue weighted by molar-refractivity contribution is 0.706. The molecule has 15 heavy (non-hydrogen) atoms. The normalized spacial score (nSPS) is 15.3. The van der Waals surface area contributed by atoms with E-state index in [9.17, 15) is 0 Å². The SMILES string of the molecule is CCCN(CC1CC1)c1ccncc1Br. The van der Waals surface area contributed by atoms with Crippen LogP contribution in [0.5, 0.6) is 0 Å². The van der Waals surface area contributed by atoms with Gasteiger partial charge >= 0.3 is 0 Å². The Morgan fingerprint density at radius 3 is 2.93 bits per heavy atom. The van der Waals surface area contributed by atoms with Gasteiger partial charge in [-0.1, -0.05) is 6.92 Å². The van der Waals surface area contributed by atoms with Crippen LogP contribution in [0.1, 0.15) is 26.2 Å². The first kappa shape index (κ1) is 10.9. The van der Waals surface area contributed by atoms with Crippen molar-refractivity contribution in [3.63, 3.8) is 0 Å². The van der Waals surface area contributed by atoms with Crippen LogP contribution >= 0.6 is 15.9 Å². The molecule has 1 heterocycles. The summed E-state index contributed by atoms with van der Waals surface area (Å²) in [6.07, 6.45) is 7.76. The molecule has 82 valence electrons. The summed E-state index contributed by atoms with van der Waals surface area (Å²) >= 11 is 3.57. The fraction of sp³-hybridized carbons (Fsp3) is 0.583. The Hall–Kier alpha value is -0.570. The van der Waals surface area contributed by atoms with E-state index in [1.165, 1.54) is 31.5 Å². The summed E-state index contributed by atoms with van der Waals surface area (Å²) in [5.41, 5.74) is 1.29. The van der Waals surface area contributed by atoms with Gasteiger partial charge in [0.05, 0.1) is 10.2 Å². The molecule has 0 aromatic carbocycles. The largest absolute Gasteiger partial charge is 0.370 e. The molecule has 0 amide bonds. The summed E-state index contributed by atoms with van der Waals surface area (Å²) in [6, 6.07) is 2.10. The van der Waals surface area contributed by atoms with Crippen molar-refractivity contribution in [3.8, 4) is 0 Å². The van der Waals surface area contributed by atoms with Crippen molar-refractivity contribution < 1.29 is 0 Å². The lowest BCUT2D eigenvalue weighted by Gasteiger charge is -2.25. The van der Waals surface area contributed by atoms with Gasteiger partial charge in [-0.2, -0.15) is 0 Å². The van der Waals surface area contributed by atoms with Crippen LogP contribution in [0.2, 0.25) is 0 Å². The van der Waals surface area contributed by atoms with Crippen molar-refractivity contribution in [3.05, 3.63) is 22.9 Å². The summed E-state index contributed by atoms with van der Waals surface area (Å²) in [4.78, 5) is 6.58. The Kier molecular flexibility index (Phi) is 3.62. The summed E-state index contributed by atoms with van der Waals surface area (Å²) in [6.45, 7) is 4.57. The van der Waals surface area contributed by atoms with Gasteiger partial charge in [-0.05, 0) is 47.2 Å². The van der Waals surface area contributed by atoms with Gasteiger partial charge in [0.15, 0.2) is 0 Å². The number of rotatable bonds is 5. The maximum Gasteiger partial charge on any atom is 0.0592 e. The second-order valence-electron chi connectivity index (χ2n) is 4.22. The van der Waals surface area contributed by atoms with Crippen molar-refractivity contribution in [2.75, 3.05) is 18.0 Å². The van der Waals surface area contributed by atoms with Crippen LogP contribution in [0.4, 0.5) is 5.69 Å². The molecule has 0 unspecified atom stereocenters. The van der Waals surface area contributed by atoms with E-state index in [4.69, 9.17) is 0 Å². The van der Waals surface area contributed by atoms with Crippen LogP contribution in [-0.4, -0.2) is 18.1 Å². The van der Waals surface area contributed by atoms with Gasteiger partial charge in [0.1, 0.15) is 0 Å². The van der Waals surface area contributed by atoms with Crippen molar-refractivity contribution in [1.29, 1.82) is 0 Å².